The Labute approximate surface area is 72.8 Å². The van der Waals surface area contributed by atoms with E-state index in [-0.39, 0.29) is 0 Å². The van der Waals surface area contributed by atoms with Crippen molar-refractivity contribution in [3.05, 3.63) is 24.0 Å². The van der Waals surface area contributed by atoms with Crippen LogP contribution in [0.2, 0.25) is 0 Å². The molecule has 1 aromatic heterocycles. The maximum Gasteiger partial charge on any atom is 0.0884 e. The topological polar surface area (TPSA) is 34.2 Å². The van der Waals surface area contributed by atoms with Crippen molar-refractivity contribution in [1.29, 1.82) is 0 Å². The van der Waals surface area contributed by atoms with E-state index in [1.165, 1.54) is 0 Å². The Bertz CT molecular complexity index is 216. The second-order valence-electron chi connectivity index (χ2n) is 2.50. The zero-order chi connectivity index (χ0) is 8.81. The van der Waals surface area contributed by atoms with E-state index in [2.05, 4.69) is 17.2 Å². The number of ether oxygens (including phenoxy) is 1. The molecule has 3 nitrogen and oxygen atoms in total. The molecule has 0 aliphatic rings. The molecule has 66 valence electrons. The third kappa shape index (κ3) is 2.51. The summed E-state index contributed by atoms with van der Waals surface area (Å²) in [5.41, 5.74) is 2.05. The minimum atomic E-state index is 0.569. The fraction of sp³-hybridized carbons (Fsp3) is 0.444. The molecule has 0 radical (unpaired) electrons. The highest BCUT2D eigenvalue weighted by molar-refractivity contribution is 5.42. The smallest absolute Gasteiger partial charge is 0.0884 e. The highest BCUT2D eigenvalue weighted by atomic mass is 16.5. The summed E-state index contributed by atoms with van der Waals surface area (Å²) in [7, 11) is 1.67. The maximum atomic E-state index is 4.97. The monoisotopic (exact) mass is 166 g/mol. The second-order valence-corrected chi connectivity index (χ2v) is 2.50. The zero-order valence-electron chi connectivity index (χ0n) is 7.50. The third-order valence-electron chi connectivity index (χ3n) is 1.49. The van der Waals surface area contributed by atoms with Gasteiger partial charge in [-0.3, -0.25) is 4.98 Å². The van der Waals surface area contributed by atoms with Crippen LogP contribution in [0.3, 0.4) is 0 Å². The predicted octanol–water partition coefficient (Wildman–Crippen LogP) is 1.66. The molecule has 0 saturated heterocycles. The molecule has 0 atom stereocenters. The van der Waals surface area contributed by atoms with Gasteiger partial charge in [0.05, 0.1) is 12.3 Å². The Morgan fingerprint density at radius 3 is 3.08 bits per heavy atom. The summed E-state index contributed by atoms with van der Waals surface area (Å²) in [6.07, 6.45) is 1.78. The van der Waals surface area contributed by atoms with Crippen LogP contribution in [0.15, 0.2) is 18.3 Å². The van der Waals surface area contributed by atoms with Gasteiger partial charge >= 0.3 is 0 Å². The highest BCUT2D eigenvalue weighted by Gasteiger charge is 1.94. The minimum Gasteiger partial charge on any atom is -0.385 e. The van der Waals surface area contributed by atoms with Crippen LogP contribution >= 0.6 is 0 Å². The normalized spacial score (nSPS) is 9.83. The van der Waals surface area contributed by atoms with Crippen LogP contribution in [0, 0.1) is 0 Å². The number of pyridine rings is 1. The van der Waals surface area contributed by atoms with E-state index in [9.17, 15) is 0 Å². The van der Waals surface area contributed by atoms with Gasteiger partial charge in [-0.25, -0.2) is 0 Å². The molecule has 0 amide bonds. The third-order valence-corrected chi connectivity index (χ3v) is 1.49. The first kappa shape index (κ1) is 9.00. The van der Waals surface area contributed by atoms with Gasteiger partial charge in [0.2, 0.25) is 0 Å². The lowest BCUT2D eigenvalue weighted by molar-refractivity contribution is 0.181. The highest BCUT2D eigenvalue weighted by Crippen LogP contribution is 2.07. The lowest BCUT2D eigenvalue weighted by atomic mass is 10.3. The number of rotatable bonds is 4. The SMILES string of the molecule is CCNc1ccnc(COC)c1. The summed E-state index contributed by atoms with van der Waals surface area (Å²) in [6.45, 7) is 3.56. The Balaban J connectivity index is 2.67. The summed E-state index contributed by atoms with van der Waals surface area (Å²) in [5.74, 6) is 0. The predicted molar refractivity (Wildman–Crippen MR) is 49.1 cm³/mol. The molecular weight excluding hydrogens is 152 g/mol. The molecule has 1 aromatic rings. The Morgan fingerprint density at radius 1 is 1.58 bits per heavy atom. The summed E-state index contributed by atoms with van der Waals surface area (Å²) in [4.78, 5) is 4.15. The van der Waals surface area contributed by atoms with E-state index < -0.39 is 0 Å². The van der Waals surface area contributed by atoms with Crippen molar-refractivity contribution < 1.29 is 4.74 Å². The molecule has 1 rings (SSSR count). The Morgan fingerprint density at radius 2 is 2.42 bits per heavy atom. The van der Waals surface area contributed by atoms with Gasteiger partial charge in [-0.05, 0) is 19.1 Å². The van der Waals surface area contributed by atoms with Crippen LogP contribution in [0.1, 0.15) is 12.6 Å². The van der Waals surface area contributed by atoms with Crippen molar-refractivity contribution >= 4 is 5.69 Å². The molecule has 0 aliphatic heterocycles. The first-order valence-corrected chi connectivity index (χ1v) is 4.04. The van der Waals surface area contributed by atoms with Crippen LogP contribution in [0.5, 0.6) is 0 Å². The number of methoxy groups -OCH3 is 1. The molecular formula is C9H14N2O. The fourth-order valence-corrected chi connectivity index (χ4v) is 1.02. The van der Waals surface area contributed by atoms with Crippen LogP contribution in [-0.2, 0) is 11.3 Å². The van der Waals surface area contributed by atoms with Crippen molar-refractivity contribution in [2.75, 3.05) is 19.0 Å². The maximum absolute atomic E-state index is 4.97. The van der Waals surface area contributed by atoms with Gasteiger partial charge in [0.15, 0.2) is 0 Å². The summed E-state index contributed by atoms with van der Waals surface area (Å²) < 4.78 is 4.97. The quantitative estimate of drug-likeness (QED) is 0.738. The van der Waals surface area contributed by atoms with Gasteiger partial charge in [-0.15, -0.1) is 0 Å². The molecule has 12 heavy (non-hydrogen) atoms. The molecule has 0 fully saturated rings. The molecule has 0 aliphatic carbocycles. The standard InChI is InChI=1S/C9H14N2O/c1-3-10-8-4-5-11-9(6-8)7-12-2/h4-6H,3,7H2,1-2H3,(H,10,11). The van der Waals surface area contributed by atoms with Gasteiger partial charge in [0.25, 0.3) is 0 Å². The average molecular weight is 166 g/mol. The van der Waals surface area contributed by atoms with Gasteiger partial charge in [-0.1, -0.05) is 0 Å². The van der Waals surface area contributed by atoms with Crippen LogP contribution in [-0.4, -0.2) is 18.6 Å². The average Bonchev–Trinajstić information content (AvgIpc) is 2.06. The Kier molecular flexibility index (Phi) is 3.54. The van der Waals surface area contributed by atoms with Gasteiger partial charge in [0, 0.05) is 25.5 Å². The summed E-state index contributed by atoms with van der Waals surface area (Å²) in [6, 6.07) is 3.94. The number of hydrogen-bond donors (Lipinski definition) is 1. The van der Waals surface area contributed by atoms with Crippen molar-refractivity contribution in [2.45, 2.75) is 13.5 Å². The minimum absolute atomic E-state index is 0.569. The van der Waals surface area contributed by atoms with Crippen LogP contribution < -0.4 is 5.32 Å². The lowest BCUT2D eigenvalue weighted by Gasteiger charge is -2.04. The van der Waals surface area contributed by atoms with E-state index in [1.54, 1.807) is 13.3 Å². The van der Waals surface area contributed by atoms with E-state index in [1.807, 2.05) is 12.1 Å². The first-order valence-electron chi connectivity index (χ1n) is 4.04. The molecule has 0 unspecified atom stereocenters. The van der Waals surface area contributed by atoms with Crippen LogP contribution in [0.25, 0.3) is 0 Å². The van der Waals surface area contributed by atoms with Crippen molar-refractivity contribution in [3.63, 3.8) is 0 Å². The number of hydrogen-bond acceptors (Lipinski definition) is 3. The second kappa shape index (κ2) is 4.72. The molecule has 0 aromatic carbocycles. The lowest BCUT2D eigenvalue weighted by Crippen LogP contribution is -1.99. The summed E-state index contributed by atoms with van der Waals surface area (Å²) in [5, 5.41) is 3.21. The van der Waals surface area contributed by atoms with Crippen molar-refractivity contribution in [2.24, 2.45) is 0 Å². The zero-order valence-corrected chi connectivity index (χ0v) is 7.50. The van der Waals surface area contributed by atoms with E-state index >= 15 is 0 Å². The fourth-order valence-electron chi connectivity index (χ4n) is 1.02. The number of anilines is 1. The van der Waals surface area contributed by atoms with E-state index in [0.717, 1.165) is 17.9 Å². The molecule has 3 heteroatoms. The molecule has 0 bridgehead atoms. The van der Waals surface area contributed by atoms with Crippen molar-refractivity contribution in [1.82, 2.24) is 4.98 Å². The number of nitrogens with zero attached hydrogens (tertiary/aromatic N) is 1. The van der Waals surface area contributed by atoms with Gasteiger partial charge in [0.1, 0.15) is 0 Å². The Hall–Kier alpha value is -1.09. The van der Waals surface area contributed by atoms with E-state index in [4.69, 9.17) is 4.74 Å². The van der Waals surface area contributed by atoms with Crippen LogP contribution in [0.4, 0.5) is 5.69 Å². The van der Waals surface area contributed by atoms with Gasteiger partial charge < -0.3 is 10.1 Å². The largest absolute Gasteiger partial charge is 0.385 e. The summed E-state index contributed by atoms with van der Waals surface area (Å²) >= 11 is 0. The van der Waals surface area contributed by atoms with Crippen molar-refractivity contribution in [3.8, 4) is 0 Å². The van der Waals surface area contributed by atoms with Gasteiger partial charge in [-0.2, -0.15) is 0 Å². The number of nitrogens with one attached hydrogen (secondary N) is 1. The van der Waals surface area contributed by atoms with E-state index in [0.29, 0.717) is 6.61 Å². The molecule has 0 spiro atoms. The first-order chi connectivity index (χ1) is 5.86. The molecule has 0 saturated carbocycles. The molecule has 1 N–H and O–H groups in total. The molecule has 1 heterocycles. The number of aromatic nitrogens is 1.